The Kier molecular flexibility index (Phi) is 8.16. The molecule has 0 spiro atoms. The number of nitrogens with zero attached hydrogens (tertiary/aromatic N) is 6. The van der Waals surface area contributed by atoms with Crippen molar-refractivity contribution >= 4 is 67.1 Å². The van der Waals surface area contributed by atoms with Crippen LogP contribution in [0.3, 0.4) is 0 Å². The van der Waals surface area contributed by atoms with Gasteiger partial charge in [0.05, 0.1) is 67.4 Å². The van der Waals surface area contributed by atoms with Crippen LogP contribution >= 0.6 is 34.0 Å². The number of hydrogen-bond acceptors (Lipinski definition) is 6. The maximum atomic E-state index is 5.19. The molecule has 4 aromatic carbocycles. The van der Waals surface area contributed by atoms with Crippen LogP contribution in [-0.4, -0.2) is 28.7 Å². The minimum absolute atomic E-state index is 0.705. The van der Waals surface area contributed by atoms with Gasteiger partial charge in [-0.2, -0.15) is 0 Å². The molecule has 0 atom stereocenters. The zero-order chi connectivity index (χ0) is 36.3. The van der Waals surface area contributed by atoms with Crippen LogP contribution in [0.15, 0.2) is 125 Å². The van der Waals surface area contributed by atoms with Crippen LogP contribution in [0.25, 0.3) is 65.2 Å². The largest absolute Gasteiger partial charge is 0.319 e. The highest BCUT2D eigenvalue weighted by Crippen LogP contribution is 2.37. The second-order valence-corrected chi connectivity index (χ2v) is 16.6. The van der Waals surface area contributed by atoms with Crippen molar-refractivity contribution in [1.82, 2.24) is 28.7 Å². The highest BCUT2D eigenvalue weighted by atomic mass is 32.1. The smallest absolute Gasteiger partial charge is 0.151 e. The van der Waals surface area contributed by atoms with Gasteiger partial charge in [-0.3, -0.25) is 0 Å². The molecule has 0 aliphatic heterocycles. The molecule has 0 N–H and O–H groups in total. The Morgan fingerprint density at radius 3 is 0.963 bits per heavy atom. The quantitative estimate of drug-likeness (QED) is 0.147. The lowest BCUT2D eigenvalue weighted by Crippen LogP contribution is -2.16. The number of imidazole rings is 3. The average Bonchev–Trinajstić information content (AvgIpc) is 4.05. The van der Waals surface area contributed by atoms with E-state index in [1.165, 1.54) is 48.0 Å². The van der Waals surface area contributed by atoms with E-state index in [0.29, 0.717) is 19.6 Å². The molecule has 6 heterocycles. The molecule has 54 heavy (non-hydrogen) atoms. The summed E-state index contributed by atoms with van der Waals surface area (Å²) in [6, 6.07) is 38.5. The zero-order valence-corrected chi connectivity index (χ0v) is 32.6. The Morgan fingerprint density at radius 1 is 0.389 bits per heavy atom. The predicted octanol–water partition coefficient (Wildman–Crippen LogP) is 12.0. The molecule has 9 heteroatoms. The minimum Gasteiger partial charge on any atom is -0.319 e. The molecule has 6 nitrogen and oxygen atoms in total. The molecule has 0 radical (unpaired) electrons. The van der Waals surface area contributed by atoms with Crippen LogP contribution in [0.2, 0.25) is 0 Å². The van der Waals surface area contributed by atoms with Crippen LogP contribution in [-0.2, 0) is 19.6 Å². The minimum atomic E-state index is 0.705. The molecule has 0 saturated carbocycles. The van der Waals surface area contributed by atoms with Crippen molar-refractivity contribution in [3.8, 4) is 32.1 Å². The van der Waals surface area contributed by atoms with Gasteiger partial charge in [0.25, 0.3) is 0 Å². The summed E-state index contributed by atoms with van der Waals surface area (Å²) in [4.78, 5) is 19.1. The van der Waals surface area contributed by atoms with Gasteiger partial charge in [0, 0.05) is 0 Å². The number of thiophene rings is 3. The monoisotopic (exact) mass is 756 g/mol. The number of para-hydroxylation sites is 6. The van der Waals surface area contributed by atoms with E-state index < -0.39 is 0 Å². The van der Waals surface area contributed by atoms with Gasteiger partial charge >= 0.3 is 0 Å². The molecule has 264 valence electrons. The maximum absolute atomic E-state index is 5.19. The Morgan fingerprint density at radius 2 is 0.685 bits per heavy atom. The summed E-state index contributed by atoms with van der Waals surface area (Å²) >= 11 is 5.22. The first-order chi connectivity index (χ1) is 26.5. The SMILES string of the molecule is Cc1c(Cn2c(-c3cccs3)nc3ccccc32)c(C)c(Cn2c(-c3cccs3)nc3ccccc32)c(C)c1Cn1c(-c2cccs2)nc2ccccc21. The van der Waals surface area contributed by atoms with Crippen molar-refractivity contribution in [2.75, 3.05) is 0 Å². The summed E-state index contributed by atoms with van der Waals surface area (Å²) in [5.41, 5.74) is 14.4. The number of hydrogen-bond donors (Lipinski definition) is 0. The molecule has 0 unspecified atom stereocenters. The van der Waals surface area contributed by atoms with Crippen LogP contribution in [0, 0.1) is 20.8 Å². The molecule has 0 aliphatic rings. The normalized spacial score (nSPS) is 11.8. The Hall–Kier alpha value is -5.61. The zero-order valence-electron chi connectivity index (χ0n) is 30.2. The molecule has 0 saturated heterocycles. The third-order valence-electron chi connectivity index (χ3n) is 10.9. The van der Waals surface area contributed by atoms with E-state index in [1.807, 2.05) is 0 Å². The first-order valence-electron chi connectivity index (χ1n) is 18.1. The second kappa shape index (κ2) is 13.4. The molecular formula is C45H36N6S3. The Bertz CT molecular complexity index is 2600. The number of rotatable bonds is 9. The topological polar surface area (TPSA) is 53.5 Å². The van der Waals surface area contributed by atoms with E-state index in [2.05, 4.69) is 160 Å². The first kappa shape index (κ1) is 33.0. The molecule has 6 aromatic heterocycles. The van der Waals surface area contributed by atoms with Gasteiger partial charge in [0.2, 0.25) is 0 Å². The average molecular weight is 757 g/mol. The Labute approximate surface area is 325 Å². The molecular weight excluding hydrogens is 721 g/mol. The third kappa shape index (κ3) is 5.45. The first-order valence-corrected chi connectivity index (χ1v) is 20.7. The molecule has 0 bridgehead atoms. The summed E-state index contributed by atoms with van der Waals surface area (Å²) in [5, 5.41) is 6.41. The van der Waals surface area contributed by atoms with E-state index in [9.17, 15) is 0 Å². The number of aromatic nitrogens is 6. The standard InChI is InChI=1S/C45H36N6S3/c1-28-31(25-49-37-16-7-4-13-34(37)46-43(49)40-19-10-22-52-40)29(2)33(27-51-39-18-9-6-15-36(39)48-45(51)42-21-12-24-54-42)30(3)32(28)26-50-38-17-8-5-14-35(38)47-44(50)41-20-11-23-53-41/h4-24H,25-27H2,1-3H3. The summed E-state index contributed by atoms with van der Waals surface area (Å²) in [5.74, 6) is 3.03. The van der Waals surface area contributed by atoms with E-state index >= 15 is 0 Å². The molecule has 0 fully saturated rings. The van der Waals surface area contributed by atoms with E-state index in [0.717, 1.165) is 50.6 Å². The molecule has 0 amide bonds. The summed E-state index contributed by atoms with van der Waals surface area (Å²) in [6.45, 7) is 9.09. The lowest BCUT2D eigenvalue weighted by atomic mass is 9.87. The van der Waals surface area contributed by atoms with Crippen molar-refractivity contribution in [3.05, 3.63) is 159 Å². The molecule has 10 aromatic rings. The van der Waals surface area contributed by atoms with Gasteiger partial charge in [-0.1, -0.05) is 54.6 Å². The van der Waals surface area contributed by atoms with E-state index in [1.54, 1.807) is 34.0 Å². The van der Waals surface area contributed by atoms with Crippen molar-refractivity contribution in [2.24, 2.45) is 0 Å². The van der Waals surface area contributed by atoms with Gasteiger partial charge < -0.3 is 13.7 Å². The van der Waals surface area contributed by atoms with E-state index in [-0.39, 0.29) is 0 Å². The Balaban J connectivity index is 1.21. The fraction of sp³-hybridized carbons (Fsp3) is 0.133. The van der Waals surface area contributed by atoms with Crippen LogP contribution in [0.1, 0.15) is 33.4 Å². The summed E-state index contributed by atoms with van der Waals surface area (Å²) in [6.07, 6.45) is 0. The maximum Gasteiger partial charge on any atom is 0.151 e. The number of fused-ring (bicyclic) bond motifs is 3. The fourth-order valence-corrected chi connectivity index (χ4v) is 10.2. The van der Waals surface area contributed by atoms with Crippen LogP contribution in [0.4, 0.5) is 0 Å². The second-order valence-electron chi connectivity index (χ2n) is 13.8. The van der Waals surface area contributed by atoms with Crippen molar-refractivity contribution in [1.29, 1.82) is 0 Å². The summed E-state index contributed by atoms with van der Waals surface area (Å²) in [7, 11) is 0. The lowest BCUT2D eigenvalue weighted by molar-refractivity contribution is 0.767. The highest BCUT2D eigenvalue weighted by molar-refractivity contribution is 7.14. The number of benzene rings is 4. The third-order valence-corrected chi connectivity index (χ3v) is 13.5. The van der Waals surface area contributed by atoms with Gasteiger partial charge in [-0.25, -0.2) is 15.0 Å². The van der Waals surface area contributed by atoms with Crippen molar-refractivity contribution in [3.63, 3.8) is 0 Å². The van der Waals surface area contributed by atoms with Crippen molar-refractivity contribution < 1.29 is 0 Å². The van der Waals surface area contributed by atoms with Gasteiger partial charge in [0.1, 0.15) is 0 Å². The van der Waals surface area contributed by atoms with Crippen LogP contribution in [0.5, 0.6) is 0 Å². The van der Waals surface area contributed by atoms with Gasteiger partial charge in [-0.15, -0.1) is 34.0 Å². The van der Waals surface area contributed by atoms with Crippen molar-refractivity contribution in [2.45, 2.75) is 40.4 Å². The van der Waals surface area contributed by atoms with Crippen LogP contribution < -0.4 is 0 Å². The lowest BCUT2D eigenvalue weighted by Gasteiger charge is -2.25. The van der Waals surface area contributed by atoms with E-state index in [4.69, 9.17) is 15.0 Å². The highest BCUT2D eigenvalue weighted by Gasteiger charge is 2.24. The molecule has 0 aliphatic carbocycles. The fourth-order valence-electron chi connectivity index (χ4n) is 8.06. The van der Waals surface area contributed by atoms with Gasteiger partial charge in [-0.05, 0) is 125 Å². The predicted molar refractivity (Wildman–Crippen MR) is 227 cm³/mol. The van der Waals surface area contributed by atoms with Gasteiger partial charge in [0.15, 0.2) is 17.5 Å². The summed E-state index contributed by atoms with van der Waals surface area (Å²) < 4.78 is 7.27. The molecule has 10 rings (SSSR count).